The van der Waals surface area contributed by atoms with Crippen molar-refractivity contribution in [2.24, 2.45) is 0 Å². The number of nitro benzene ring substituents is 2. The normalized spacial score (nSPS) is 16.8. The summed E-state index contributed by atoms with van der Waals surface area (Å²) in [6, 6.07) is 3.82. The summed E-state index contributed by atoms with van der Waals surface area (Å²) in [6.07, 6.45) is 0.907. The van der Waals surface area contributed by atoms with Crippen LogP contribution in [0.2, 0.25) is 0 Å². The van der Waals surface area contributed by atoms with Gasteiger partial charge in [0.05, 0.1) is 15.9 Å². The van der Waals surface area contributed by atoms with Crippen molar-refractivity contribution in [3.05, 3.63) is 38.4 Å². The van der Waals surface area contributed by atoms with Gasteiger partial charge in [0.1, 0.15) is 5.69 Å². The zero-order chi connectivity index (χ0) is 14.7. The Hall–Kier alpha value is -2.22. The van der Waals surface area contributed by atoms with E-state index in [1.807, 2.05) is 11.9 Å². The van der Waals surface area contributed by atoms with E-state index >= 15 is 0 Å². The van der Waals surface area contributed by atoms with Crippen LogP contribution in [0.25, 0.3) is 0 Å². The first kappa shape index (κ1) is 14.2. The minimum absolute atomic E-state index is 0.205. The van der Waals surface area contributed by atoms with Crippen LogP contribution >= 0.6 is 0 Å². The van der Waals surface area contributed by atoms with Crippen LogP contribution in [-0.4, -0.2) is 48.0 Å². The average molecular weight is 280 g/mol. The number of benzene rings is 1. The molecule has 0 radical (unpaired) electrons. The maximum atomic E-state index is 11.1. The maximum Gasteiger partial charge on any atom is 0.299 e. The molecule has 1 aromatic rings. The van der Waals surface area contributed by atoms with Crippen LogP contribution in [0.15, 0.2) is 18.2 Å². The molecule has 0 N–H and O–H groups in total. The van der Waals surface area contributed by atoms with Crippen molar-refractivity contribution in [3.8, 4) is 0 Å². The van der Waals surface area contributed by atoms with Gasteiger partial charge in [-0.3, -0.25) is 20.2 Å². The van der Waals surface area contributed by atoms with Gasteiger partial charge in [0.2, 0.25) is 0 Å². The van der Waals surface area contributed by atoms with Crippen molar-refractivity contribution in [2.75, 3.05) is 38.1 Å². The summed E-state index contributed by atoms with van der Waals surface area (Å²) in [5.74, 6) is 0. The number of hydrogen-bond acceptors (Lipinski definition) is 6. The molecule has 0 unspecified atom stereocenters. The third-order valence-corrected chi connectivity index (χ3v) is 3.43. The molecule has 8 heteroatoms. The van der Waals surface area contributed by atoms with Gasteiger partial charge in [0.15, 0.2) is 0 Å². The molecule has 1 aliphatic rings. The SMILES string of the molecule is CN1CCCN(c2ccc([N+](=O)[O-])cc2[N+](=O)[O-])CC1. The van der Waals surface area contributed by atoms with Gasteiger partial charge < -0.3 is 9.80 Å². The van der Waals surface area contributed by atoms with E-state index < -0.39 is 9.85 Å². The lowest BCUT2D eigenvalue weighted by Crippen LogP contribution is -2.29. The predicted octanol–water partition coefficient (Wildman–Crippen LogP) is 1.64. The quantitative estimate of drug-likeness (QED) is 0.617. The van der Waals surface area contributed by atoms with Crippen LogP contribution in [0.4, 0.5) is 17.1 Å². The second-order valence-electron chi connectivity index (χ2n) is 4.83. The molecule has 0 aromatic heterocycles. The van der Waals surface area contributed by atoms with Crippen molar-refractivity contribution in [1.82, 2.24) is 4.90 Å². The second kappa shape index (κ2) is 5.83. The average Bonchev–Trinajstić information content (AvgIpc) is 2.62. The molecular weight excluding hydrogens is 264 g/mol. The van der Waals surface area contributed by atoms with Gasteiger partial charge in [-0.2, -0.15) is 0 Å². The monoisotopic (exact) mass is 280 g/mol. The van der Waals surface area contributed by atoms with Crippen molar-refractivity contribution in [1.29, 1.82) is 0 Å². The number of non-ortho nitro benzene ring substituents is 1. The Morgan fingerprint density at radius 2 is 1.80 bits per heavy atom. The highest BCUT2D eigenvalue weighted by Gasteiger charge is 2.24. The van der Waals surface area contributed by atoms with E-state index in [1.165, 1.54) is 12.1 Å². The van der Waals surface area contributed by atoms with Gasteiger partial charge in [-0.25, -0.2) is 0 Å². The first-order chi connectivity index (χ1) is 9.49. The minimum atomic E-state index is -0.618. The number of nitrogens with zero attached hydrogens (tertiary/aromatic N) is 4. The Balaban J connectivity index is 2.35. The zero-order valence-corrected chi connectivity index (χ0v) is 11.2. The van der Waals surface area contributed by atoms with Crippen LogP contribution in [-0.2, 0) is 0 Å². The van der Waals surface area contributed by atoms with Crippen molar-refractivity contribution < 1.29 is 9.85 Å². The molecule has 0 amide bonds. The van der Waals surface area contributed by atoms with E-state index in [0.717, 1.165) is 25.6 Å². The Bertz CT molecular complexity index is 534. The highest BCUT2D eigenvalue weighted by molar-refractivity contribution is 5.66. The molecule has 0 aliphatic carbocycles. The third-order valence-electron chi connectivity index (χ3n) is 3.43. The van der Waals surface area contributed by atoms with Crippen LogP contribution < -0.4 is 4.90 Å². The van der Waals surface area contributed by atoms with Crippen molar-refractivity contribution in [2.45, 2.75) is 6.42 Å². The van der Waals surface area contributed by atoms with Crippen molar-refractivity contribution in [3.63, 3.8) is 0 Å². The first-order valence-corrected chi connectivity index (χ1v) is 6.35. The number of rotatable bonds is 3. The molecule has 1 aromatic carbocycles. The second-order valence-corrected chi connectivity index (χ2v) is 4.83. The zero-order valence-electron chi connectivity index (χ0n) is 11.2. The Morgan fingerprint density at radius 3 is 2.45 bits per heavy atom. The van der Waals surface area contributed by atoms with Gasteiger partial charge in [-0.05, 0) is 26.1 Å². The number of hydrogen-bond donors (Lipinski definition) is 0. The summed E-state index contributed by atoms with van der Waals surface area (Å²) in [6.45, 7) is 3.14. The molecule has 108 valence electrons. The Morgan fingerprint density at radius 1 is 1.05 bits per heavy atom. The molecule has 1 aliphatic heterocycles. The van der Waals surface area contributed by atoms with Crippen molar-refractivity contribution >= 4 is 17.1 Å². The lowest BCUT2D eigenvalue weighted by molar-refractivity contribution is -0.393. The van der Waals surface area contributed by atoms with Gasteiger partial charge in [0.25, 0.3) is 11.4 Å². The highest BCUT2D eigenvalue weighted by Crippen LogP contribution is 2.32. The van der Waals surface area contributed by atoms with E-state index in [0.29, 0.717) is 18.8 Å². The smallest absolute Gasteiger partial charge is 0.299 e. The van der Waals surface area contributed by atoms with Crippen LogP contribution in [0.5, 0.6) is 0 Å². The van der Waals surface area contributed by atoms with Gasteiger partial charge >= 0.3 is 0 Å². The van der Waals surface area contributed by atoms with Crippen LogP contribution in [0.3, 0.4) is 0 Å². The fraction of sp³-hybridized carbons (Fsp3) is 0.500. The summed E-state index contributed by atoms with van der Waals surface area (Å²) in [5.41, 5.74) is -0.00737. The highest BCUT2D eigenvalue weighted by atomic mass is 16.6. The topological polar surface area (TPSA) is 92.8 Å². The van der Waals surface area contributed by atoms with E-state index in [4.69, 9.17) is 0 Å². The molecule has 0 atom stereocenters. The maximum absolute atomic E-state index is 11.1. The van der Waals surface area contributed by atoms with Crippen LogP contribution in [0, 0.1) is 20.2 Å². The lowest BCUT2D eigenvalue weighted by atomic mass is 10.2. The summed E-state index contributed by atoms with van der Waals surface area (Å²) in [5, 5.41) is 21.9. The molecule has 8 nitrogen and oxygen atoms in total. The first-order valence-electron chi connectivity index (χ1n) is 6.35. The molecule has 2 rings (SSSR count). The molecular formula is C12H16N4O4. The largest absolute Gasteiger partial charge is 0.365 e. The molecule has 1 heterocycles. The molecule has 0 bridgehead atoms. The standard InChI is InChI=1S/C12H16N4O4/c1-13-5-2-6-14(8-7-13)11-4-3-10(15(17)18)9-12(11)16(19)20/h3-4,9H,2,5-8H2,1H3. The van der Waals surface area contributed by atoms with E-state index in [9.17, 15) is 20.2 Å². The third kappa shape index (κ3) is 3.02. The summed E-state index contributed by atoms with van der Waals surface area (Å²) in [4.78, 5) is 24.8. The minimum Gasteiger partial charge on any atom is -0.365 e. The molecule has 20 heavy (non-hydrogen) atoms. The number of nitro groups is 2. The fourth-order valence-corrected chi connectivity index (χ4v) is 2.33. The molecule has 1 saturated heterocycles. The molecule has 0 spiro atoms. The Kier molecular flexibility index (Phi) is 4.14. The fourth-order valence-electron chi connectivity index (χ4n) is 2.33. The van der Waals surface area contributed by atoms with Gasteiger partial charge in [-0.15, -0.1) is 0 Å². The summed E-state index contributed by atoms with van der Waals surface area (Å²) in [7, 11) is 2.01. The predicted molar refractivity (Wildman–Crippen MR) is 74.1 cm³/mol. The van der Waals surface area contributed by atoms with Crippen LogP contribution in [0.1, 0.15) is 6.42 Å². The summed E-state index contributed by atoms with van der Waals surface area (Å²) < 4.78 is 0. The van der Waals surface area contributed by atoms with E-state index in [1.54, 1.807) is 0 Å². The van der Waals surface area contributed by atoms with Gasteiger partial charge in [0, 0.05) is 25.7 Å². The molecule has 1 fully saturated rings. The van der Waals surface area contributed by atoms with Gasteiger partial charge in [-0.1, -0.05) is 0 Å². The molecule has 0 saturated carbocycles. The summed E-state index contributed by atoms with van der Waals surface area (Å²) >= 11 is 0. The van der Waals surface area contributed by atoms with E-state index in [-0.39, 0.29) is 11.4 Å². The lowest BCUT2D eigenvalue weighted by Gasteiger charge is -2.22. The number of anilines is 1. The Labute approximate surface area is 115 Å². The number of likely N-dealkylation sites (N-methyl/N-ethyl adjacent to an activating group) is 1. The van der Waals surface area contributed by atoms with E-state index in [2.05, 4.69) is 4.90 Å².